The number of benzene rings is 1. The standard InChI is InChI=1S/C21H21BrN2O4/c1-3-28-21(26)20-17(13-5-4-6-16(9-13)27-2)10-15(11-18(20)25)24-19-8-7-14(22)12-23-19/h4-9,11-12,17,20H,3,10H2,1-2H3,(H,23,24)/t17-,20-/m0/s1. The molecular weight excluding hydrogens is 424 g/mol. The summed E-state index contributed by atoms with van der Waals surface area (Å²) in [5.74, 6) is -0.720. The molecule has 0 fully saturated rings. The summed E-state index contributed by atoms with van der Waals surface area (Å²) in [6.07, 6.45) is 3.62. The Morgan fingerprint density at radius 1 is 1.32 bits per heavy atom. The fourth-order valence-electron chi connectivity index (χ4n) is 3.27. The van der Waals surface area contributed by atoms with Gasteiger partial charge in [0.05, 0.1) is 13.7 Å². The first-order valence-corrected chi connectivity index (χ1v) is 9.74. The van der Waals surface area contributed by atoms with Crippen molar-refractivity contribution in [3.8, 4) is 5.75 Å². The quantitative estimate of drug-likeness (QED) is 0.533. The molecule has 0 unspecified atom stereocenters. The van der Waals surface area contributed by atoms with Crippen LogP contribution in [-0.4, -0.2) is 30.5 Å². The van der Waals surface area contributed by atoms with Gasteiger partial charge in [0.2, 0.25) is 0 Å². The van der Waals surface area contributed by atoms with Crippen LogP contribution in [0.15, 0.2) is 58.8 Å². The summed E-state index contributed by atoms with van der Waals surface area (Å²) in [6.45, 7) is 1.96. The zero-order valence-corrected chi connectivity index (χ0v) is 17.2. The number of anilines is 1. The Morgan fingerprint density at radius 2 is 2.14 bits per heavy atom. The summed E-state index contributed by atoms with van der Waals surface area (Å²) in [6, 6.07) is 11.1. The van der Waals surface area contributed by atoms with Crippen LogP contribution in [0.4, 0.5) is 5.82 Å². The minimum atomic E-state index is -0.879. The number of carbonyl (C=O) groups is 2. The highest BCUT2D eigenvalue weighted by Gasteiger charge is 2.39. The monoisotopic (exact) mass is 444 g/mol. The molecule has 0 aliphatic heterocycles. The molecule has 146 valence electrons. The largest absolute Gasteiger partial charge is 0.497 e. The Labute approximate surface area is 172 Å². The lowest BCUT2D eigenvalue weighted by Gasteiger charge is -2.29. The normalized spacial score (nSPS) is 19.0. The van der Waals surface area contributed by atoms with Crippen molar-refractivity contribution in [1.82, 2.24) is 4.98 Å². The van der Waals surface area contributed by atoms with E-state index in [4.69, 9.17) is 9.47 Å². The molecule has 0 saturated heterocycles. The summed E-state index contributed by atoms with van der Waals surface area (Å²) in [5, 5.41) is 3.18. The molecule has 7 heteroatoms. The zero-order valence-electron chi connectivity index (χ0n) is 15.6. The molecule has 1 aliphatic carbocycles. The van der Waals surface area contributed by atoms with Gasteiger partial charge in [-0.1, -0.05) is 12.1 Å². The smallest absolute Gasteiger partial charge is 0.317 e. The van der Waals surface area contributed by atoms with Gasteiger partial charge >= 0.3 is 5.97 Å². The molecule has 1 aliphatic rings. The zero-order chi connectivity index (χ0) is 20.1. The van der Waals surface area contributed by atoms with Crippen LogP contribution in [0.2, 0.25) is 0 Å². The van der Waals surface area contributed by atoms with E-state index in [-0.39, 0.29) is 18.3 Å². The number of halogens is 1. The summed E-state index contributed by atoms with van der Waals surface area (Å²) < 4.78 is 11.3. The van der Waals surface area contributed by atoms with Crippen LogP contribution >= 0.6 is 15.9 Å². The first-order chi connectivity index (χ1) is 13.5. The van der Waals surface area contributed by atoms with Crippen molar-refractivity contribution in [3.05, 3.63) is 64.4 Å². The number of ketones is 1. The maximum absolute atomic E-state index is 12.8. The average molecular weight is 445 g/mol. The third-order valence-electron chi connectivity index (χ3n) is 4.54. The Kier molecular flexibility index (Phi) is 6.46. The Bertz CT molecular complexity index is 896. The van der Waals surface area contributed by atoms with E-state index in [1.165, 1.54) is 6.08 Å². The molecule has 1 aromatic heterocycles. The number of allylic oxidation sites excluding steroid dienone is 2. The van der Waals surface area contributed by atoms with E-state index >= 15 is 0 Å². The predicted octanol–water partition coefficient (Wildman–Crippen LogP) is 4.08. The Hall–Kier alpha value is -2.67. The van der Waals surface area contributed by atoms with E-state index in [2.05, 4.69) is 26.2 Å². The molecule has 0 bridgehead atoms. The molecule has 0 spiro atoms. The minimum absolute atomic E-state index is 0.227. The number of esters is 1. The molecule has 0 amide bonds. The van der Waals surface area contributed by atoms with Gasteiger partial charge in [-0.15, -0.1) is 0 Å². The second kappa shape index (κ2) is 9.01. The third-order valence-corrected chi connectivity index (χ3v) is 5.01. The van der Waals surface area contributed by atoms with Crippen LogP contribution in [0.3, 0.4) is 0 Å². The lowest BCUT2D eigenvalue weighted by Crippen LogP contribution is -2.35. The molecule has 0 radical (unpaired) electrons. The van der Waals surface area contributed by atoms with Crippen LogP contribution in [0.1, 0.15) is 24.8 Å². The van der Waals surface area contributed by atoms with Gasteiger partial charge in [0.1, 0.15) is 17.5 Å². The highest BCUT2D eigenvalue weighted by Crippen LogP contribution is 2.38. The van der Waals surface area contributed by atoms with Crippen molar-refractivity contribution >= 4 is 33.5 Å². The Morgan fingerprint density at radius 3 is 2.82 bits per heavy atom. The number of methoxy groups -OCH3 is 1. The van der Waals surface area contributed by atoms with Crippen molar-refractivity contribution in [2.75, 3.05) is 19.0 Å². The van der Waals surface area contributed by atoms with Gasteiger partial charge in [-0.2, -0.15) is 0 Å². The number of nitrogens with zero attached hydrogens (tertiary/aromatic N) is 1. The molecule has 2 atom stereocenters. The predicted molar refractivity (Wildman–Crippen MR) is 109 cm³/mol. The number of nitrogens with one attached hydrogen (secondary N) is 1. The summed E-state index contributed by atoms with van der Waals surface area (Å²) in [4.78, 5) is 29.6. The van der Waals surface area contributed by atoms with Gasteiger partial charge in [0.25, 0.3) is 0 Å². The lowest BCUT2D eigenvalue weighted by molar-refractivity contribution is -0.151. The number of hydrogen-bond acceptors (Lipinski definition) is 6. The van der Waals surface area contributed by atoms with Crippen LogP contribution in [-0.2, 0) is 14.3 Å². The van der Waals surface area contributed by atoms with E-state index in [1.807, 2.05) is 36.4 Å². The van der Waals surface area contributed by atoms with Gasteiger partial charge < -0.3 is 14.8 Å². The highest BCUT2D eigenvalue weighted by atomic mass is 79.9. The van der Waals surface area contributed by atoms with Crippen LogP contribution < -0.4 is 10.1 Å². The molecule has 1 aromatic carbocycles. The van der Waals surface area contributed by atoms with Gasteiger partial charge in [-0.05, 0) is 59.1 Å². The van der Waals surface area contributed by atoms with Crippen LogP contribution in [0.25, 0.3) is 0 Å². The van der Waals surface area contributed by atoms with Crippen molar-refractivity contribution in [1.29, 1.82) is 0 Å². The second-order valence-corrected chi connectivity index (χ2v) is 7.29. The fraction of sp³-hybridized carbons (Fsp3) is 0.286. The number of rotatable bonds is 6. The topological polar surface area (TPSA) is 77.5 Å². The molecule has 1 N–H and O–H groups in total. The summed E-state index contributed by atoms with van der Waals surface area (Å²) >= 11 is 3.35. The van der Waals surface area contributed by atoms with Crippen molar-refractivity contribution in [2.24, 2.45) is 5.92 Å². The van der Waals surface area contributed by atoms with Crippen molar-refractivity contribution in [3.63, 3.8) is 0 Å². The number of ether oxygens (including phenoxy) is 2. The molecule has 3 rings (SSSR count). The maximum Gasteiger partial charge on any atom is 0.317 e. The molecule has 2 aromatic rings. The van der Waals surface area contributed by atoms with E-state index in [1.54, 1.807) is 20.2 Å². The van der Waals surface area contributed by atoms with E-state index < -0.39 is 11.9 Å². The SMILES string of the molecule is CCOC(=O)[C@@H]1C(=O)C=C(Nc2ccc(Br)cn2)C[C@H]1c1cccc(OC)c1. The van der Waals surface area contributed by atoms with Crippen molar-refractivity contribution in [2.45, 2.75) is 19.3 Å². The molecule has 1 heterocycles. The first-order valence-electron chi connectivity index (χ1n) is 8.95. The van der Waals surface area contributed by atoms with Gasteiger partial charge in [-0.25, -0.2) is 4.98 Å². The Balaban J connectivity index is 1.93. The van der Waals surface area contributed by atoms with E-state index in [0.29, 0.717) is 23.7 Å². The number of aromatic nitrogens is 1. The van der Waals surface area contributed by atoms with Gasteiger partial charge in [0, 0.05) is 28.4 Å². The van der Waals surface area contributed by atoms with E-state index in [9.17, 15) is 9.59 Å². The van der Waals surface area contributed by atoms with E-state index in [0.717, 1.165) is 10.0 Å². The van der Waals surface area contributed by atoms with Crippen LogP contribution in [0, 0.1) is 5.92 Å². The molecule has 0 saturated carbocycles. The second-order valence-electron chi connectivity index (χ2n) is 6.38. The van der Waals surface area contributed by atoms with Crippen LogP contribution in [0.5, 0.6) is 5.75 Å². The summed E-state index contributed by atoms with van der Waals surface area (Å²) in [7, 11) is 1.58. The molecule has 6 nitrogen and oxygen atoms in total. The highest BCUT2D eigenvalue weighted by molar-refractivity contribution is 9.10. The minimum Gasteiger partial charge on any atom is -0.497 e. The third kappa shape index (κ3) is 4.59. The number of carbonyl (C=O) groups excluding carboxylic acids is 2. The van der Waals surface area contributed by atoms with Gasteiger partial charge in [0.15, 0.2) is 5.78 Å². The lowest BCUT2D eigenvalue weighted by atomic mass is 9.76. The maximum atomic E-state index is 12.8. The molecule has 28 heavy (non-hydrogen) atoms. The summed E-state index contributed by atoms with van der Waals surface area (Å²) in [5.41, 5.74) is 1.55. The van der Waals surface area contributed by atoms with Crippen molar-refractivity contribution < 1.29 is 19.1 Å². The van der Waals surface area contributed by atoms with Gasteiger partial charge in [-0.3, -0.25) is 9.59 Å². The number of hydrogen-bond donors (Lipinski definition) is 1. The number of pyridine rings is 1. The first kappa shape index (κ1) is 20.1. The molecular formula is C21H21BrN2O4. The average Bonchev–Trinajstić information content (AvgIpc) is 2.69. The fourth-order valence-corrected chi connectivity index (χ4v) is 3.50.